The van der Waals surface area contributed by atoms with Crippen LogP contribution in [0.15, 0.2) is 35.7 Å². The van der Waals surface area contributed by atoms with E-state index in [-0.39, 0.29) is 18.6 Å². The Hall–Kier alpha value is -2.34. The molecule has 2 rings (SSSR count). The molecular formula is C17H19NO4S. The summed E-state index contributed by atoms with van der Waals surface area (Å²) in [5.41, 5.74) is 1.22. The molecule has 0 aliphatic heterocycles. The van der Waals surface area contributed by atoms with Gasteiger partial charge in [0.2, 0.25) is 0 Å². The van der Waals surface area contributed by atoms with Crippen molar-refractivity contribution in [2.75, 3.05) is 13.7 Å². The van der Waals surface area contributed by atoms with E-state index in [9.17, 15) is 9.59 Å². The van der Waals surface area contributed by atoms with Gasteiger partial charge in [-0.1, -0.05) is 17.7 Å². The van der Waals surface area contributed by atoms with Gasteiger partial charge in [0.05, 0.1) is 13.2 Å². The first-order valence-electron chi connectivity index (χ1n) is 7.15. The highest BCUT2D eigenvalue weighted by Gasteiger charge is 2.17. The summed E-state index contributed by atoms with van der Waals surface area (Å²) in [4.78, 5) is 25.1. The van der Waals surface area contributed by atoms with Gasteiger partial charge in [0.1, 0.15) is 11.3 Å². The van der Waals surface area contributed by atoms with Gasteiger partial charge in [-0.15, -0.1) is 11.3 Å². The summed E-state index contributed by atoms with van der Waals surface area (Å²) in [6, 6.07) is 8.96. The van der Waals surface area contributed by atoms with Crippen LogP contribution in [-0.4, -0.2) is 25.6 Å². The van der Waals surface area contributed by atoms with Crippen LogP contribution in [0.5, 0.6) is 5.75 Å². The largest absolute Gasteiger partial charge is 0.496 e. The topological polar surface area (TPSA) is 64.6 Å². The minimum Gasteiger partial charge on any atom is -0.496 e. The van der Waals surface area contributed by atoms with Crippen LogP contribution in [-0.2, 0) is 9.53 Å². The van der Waals surface area contributed by atoms with Crippen molar-refractivity contribution >= 4 is 23.2 Å². The van der Waals surface area contributed by atoms with Gasteiger partial charge in [0, 0.05) is 4.88 Å². The number of hydrogen-bond donors (Lipinski definition) is 1. The number of carbonyl (C=O) groups is 2. The first kappa shape index (κ1) is 17.0. The summed E-state index contributed by atoms with van der Waals surface area (Å²) in [6.45, 7) is 3.42. The van der Waals surface area contributed by atoms with Gasteiger partial charge in [0.25, 0.3) is 5.91 Å². The molecule has 0 saturated heterocycles. The number of rotatable bonds is 6. The Labute approximate surface area is 139 Å². The molecule has 0 saturated carbocycles. The number of ether oxygens (including phenoxy) is 2. The predicted octanol–water partition coefficient (Wildman–Crippen LogP) is 3.10. The molecule has 0 bridgehead atoms. The number of amides is 1. The average molecular weight is 333 g/mol. The lowest BCUT2D eigenvalue weighted by molar-refractivity contribution is -0.124. The number of thiophene rings is 1. The van der Waals surface area contributed by atoms with E-state index in [1.165, 1.54) is 7.11 Å². The minimum absolute atomic E-state index is 0.116. The number of benzene rings is 1. The van der Waals surface area contributed by atoms with E-state index in [4.69, 9.17) is 9.47 Å². The van der Waals surface area contributed by atoms with Gasteiger partial charge in [-0.2, -0.15) is 0 Å². The molecule has 1 atom stereocenters. The lowest BCUT2D eigenvalue weighted by atomic mass is 10.1. The first-order chi connectivity index (χ1) is 11.0. The number of hydrogen-bond acceptors (Lipinski definition) is 5. The van der Waals surface area contributed by atoms with E-state index in [0.29, 0.717) is 11.3 Å². The fourth-order valence-electron chi connectivity index (χ4n) is 2.08. The molecule has 23 heavy (non-hydrogen) atoms. The predicted molar refractivity (Wildman–Crippen MR) is 88.9 cm³/mol. The fraction of sp³-hybridized carbons (Fsp3) is 0.294. The Morgan fingerprint density at radius 2 is 2.09 bits per heavy atom. The van der Waals surface area contributed by atoms with Gasteiger partial charge in [-0.3, -0.25) is 4.79 Å². The van der Waals surface area contributed by atoms with Crippen LogP contribution in [0.2, 0.25) is 0 Å². The van der Waals surface area contributed by atoms with Gasteiger partial charge < -0.3 is 14.8 Å². The van der Waals surface area contributed by atoms with Gasteiger partial charge in [0.15, 0.2) is 6.61 Å². The van der Waals surface area contributed by atoms with Crippen molar-refractivity contribution in [1.82, 2.24) is 5.32 Å². The van der Waals surface area contributed by atoms with Crippen LogP contribution in [0.3, 0.4) is 0 Å². The molecule has 122 valence electrons. The van der Waals surface area contributed by atoms with Crippen molar-refractivity contribution in [2.45, 2.75) is 19.9 Å². The second-order valence-corrected chi connectivity index (χ2v) is 6.06. The number of nitrogens with one attached hydrogen (secondary N) is 1. The average Bonchev–Trinajstić information content (AvgIpc) is 3.07. The van der Waals surface area contributed by atoms with E-state index in [1.807, 2.05) is 37.4 Å². The summed E-state index contributed by atoms with van der Waals surface area (Å²) >= 11 is 1.56. The molecule has 0 radical (unpaired) electrons. The summed E-state index contributed by atoms with van der Waals surface area (Å²) in [5.74, 6) is -0.497. The van der Waals surface area contributed by atoms with E-state index in [1.54, 1.807) is 23.5 Å². The van der Waals surface area contributed by atoms with Crippen molar-refractivity contribution < 1.29 is 19.1 Å². The molecule has 0 aliphatic carbocycles. The Bertz CT molecular complexity index is 682. The molecule has 0 spiro atoms. The third-order valence-corrected chi connectivity index (χ3v) is 4.31. The van der Waals surface area contributed by atoms with E-state index in [2.05, 4.69) is 5.32 Å². The maximum Gasteiger partial charge on any atom is 0.342 e. The molecule has 1 heterocycles. The van der Waals surface area contributed by atoms with Crippen LogP contribution >= 0.6 is 11.3 Å². The third-order valence-electron chi connectivity index (χ3n) is 3.26. The van der Waals surface area contributed by atoms with Crippen molar-refractivity contribution in [3.8, 4) is 5.75 Å². The molecule has 0 unspecified atom stereocenters. The third kappa shape index (κ3) is 4.56. The molecule has 0 aliphatic rings. The minimum atomic E-state index is -0.579. The van der Waals surface area contributed by atoms with Crippen molar-refractivity contribution in [3.05, 3.63) is 51.7 Å². The first-order valence-corrected chi connectivity index (χ1v) is 8.03. The standard InChI is InChI=1S/C17H19NO4S/c1-11-6-7-14(21-3)13(9-11)17(20)22-10-16(19)18-12(2)15-5-4-8-23-15/h4-9,12H,10H2,1-3H3,(H,18,19)/t12-/m0/s1. The van der Waals surface area contributed by atoms with E-state index in [0.717, 1.165) is 10.4 Å². The second kappa shape index (κ2) is 7.78. The lowest BCUT2D eigenvalue weighted by Gasteiger charge is -2.13. The van der Waals surface area contributed by atoms with Crippen LogP contribution in [0.25, 0.3) is 0 Å². The smallest absolute Gasteiger partial charge is 0.342 e. The number of carbonyl (C=O) groups excluding carboxylic acids is 2. The van der Waals surface area contributed by atoms with Crippen molar-refractivity contribution in [1.29, 1.82) is 0 Å². The highest BCUT2D eigenvalue weighted by Crippen LogP contribution is 2.21. The molecule has 1 amide bonds. The van der Waals surface area contributed by atoms with Crippen LogP contribution in [0.1, 0.15) is 33.8 Å². The highest BCUT2D eigenvalue weighted by atomic mass is 32.1. The van der Waals surface area contributed by atoms with E-state index < -0.39 is 5.97 Å². The number of aryl methyl sites for hydroxylation is 1. The van der Waals surface area contributed by atoms with Gasteiger partial charge in [-0.05, 0) is 37.4 Å². The molecule has 1 aromatic heterocycles. The Morgan fingerprint density at radius 1 is 1.30 bits per heavy atom. The summed E-state index contributed by atoms with van der Waals surface area (Å²) in [5, 5.41) is 4.74. The SMILES string of the molecule is COc1ccc(C)cc1C(=O)OCC(=O)N[C@@H](C)c1cccs1. The van der Waals surface area contributed by atoms with Gasteiger partial charge >= 0.3 is 5.97 Å². The summed E-state index contributed by atoms with van der Waals surface area (Å²) in [7, 11) is 1.48. The van der Waals surface area contributed by atoms with Crippen molar-refractivity contribution in [3.63, 3.8) is 0 Å². The number of esters is 1. The zero-order valence-electron chi connectivity index (χ0n) is 13.3. The van der Waals surface area contributed by atoms with Crippen LogP contribution in [0, 0.1) is 6.92 Å². The quantitative estimate of drug-likeness (QED) is 0.825. The Morgan fingerprint density at radius 3 is 2.74 bits per heavy atom. The molecular weight excluding hydrogens is 314 g/mol. The second-order valence-electron chi connectivity index (χ2n) is 5.08. The molecule has 1 N–H and O–H groups in total. The van der Waals surface area contributed by atoms with Gasteiger partial charge in [-0.25, -0.2) is 4.79 Å². The monoisotopic (exact) mass is 333 g/mol. The summed E-state index contributed by atoms with van der Waals surface area (Å²) < 4.78 is 10.2. The molecule has 5 nitrogen and oxygen atoms in total. The zero-order valence-corrected chi connectivity index (χ0v) is 14.1. The molecule has 6 heteroatoms. The summed E-state index contributed by atoms with van der Waals surface area (Å²) in [6.07, 6.45) is 0. The Balaban J connectivity index is 1.91. The van der Waals surface area contributed by atoms with E-state index >= 15 is 0 Å². The zero-order chi connectivity index (χ0) is 16.8. The molecule has 1 aromatic carbocycles. The maximum atomic E-state index is 12.1. The molecule has 2 aromatic rings. The highest BCUT2D eigenvalue weighted by molar-refractivity contribution is 7.10. The van der Waals surface area contributed by atoms with Crippen LogP contribution < -0.4 is 10.1 Å². The maximum absolute atomic E-state index is 12.1. The molecule has 0 fully saturated rings. The lowest BCUT2D eigenvalue weighted by Crippen LogP contribution is -2.30. The van der Waals surface area contributed by atoms with Crippen molar-refractivity contribution in [2.24, 2.45) is 0 Å². The normalized spacial score (nSPS) is 11.6. The van der Waals surface area contributed by atoms with Crippen LogP contribution in [0.4, 0.5) is 0 Å². The number of methoxy groups -OCH3 is 1. The fourth-order valence-corrected chi connectivity index (χ4v) is 2.82. The Kier molecular flexibility index (Phi) is 5.76.